The van der Waals surface area contributed by atoms with E-state index in [1.165, 1.54) is 16.0 Å². The predicted octanol–water partition coefficient (Wildman–Crippen LogP) is 4.21. The first-order valence-electron chi connectivity index (χ1n) is 10.2. The van der Waals surface area contributed by atoms with E-state index in [1.807, 2.05) is 36.0 Å². The highest BCUT2D eigenvalue weighted by Gasteiger charge is 2.28. The van der Waals surface area contributed by atoms with Crippen molar-refractivity contribution in [3.05, 3.63) is 64.8 Å². The first kappa shape index (κ1) is 20.5. The third-order valence-electron chi connectivity index (χ3n) is 5.32. The van der Waals surface area contributed by atoms with Gasteiger partial charge in [-0.15, -0.1) is 11.3 Å². The number of aromatic nitrogens is 2. The highest BCUT2D eigenvalue weighted by atomic mass is 32.1. The van der Waals surface area contributed by atoms with Crippen LogP contribution in [-0.2, 0) is 17.9 Å². The third kappa shape index (κ3) is 4.22. The van der Waals surface area contributed by atoms with Crippen molar-refractivity contribution in [3.8, 4) is 0 Å². The molecular formula is C23H27N5OS. The number of carbonyl (C=O) groups is 1. The van der Waals surface area contributed by atoms with Crippen LogP contribution in [0.5, 0.6) is 0 Å². The molecule has 1 amide bonds. The van der Waals surface area contributed by atoms with E-state index < -0.39 is 0 Å². The fourth-order valence-electron chi connectivity index (χ4n) is 3.76. The lowest BCUT2D eigenvalue weighted by molar-refractivity contribution is -0.126. The number of benzene rings is 1. The van der Waals surface area contributed by atoms with Gasteiger partial charge in [0.15, 0.2) is 0 Å². The number of thiophene rings is 1. The minimum Gasteiger partial charge on any atom is -0.363 e. The Morgan fingerprint density at radius 1 is 1.27 bits per heavy atom. The molecule has 1 aliphatic rings. The standard InChI is InChI=1S/C23H27N5OS/c1-4-18(16-9-6-5-7-10-16)26-22-21-17-13-28(20(29)11-8-12-27(2)3)14-19(17)30-23(21)25-15-24-22/h5-11,15,18H,4,12-14H2,1-3H3,(H,24,25,26)/t18-/m1/s1. The Labute approximate surface area is 181 Å². The zero-order valence-corrected chi connectivity index (χ0v) is 18.4. The molecule has 6 nitrogen and oxygen atoms in total. The summed E-state index contributed by atoms with van der Waals surface area (Å²) in [6.45, 7) is 4.16. The Hall–Kier alpha value is -2.77. The van der Waals surface area contributed by atoms with Crippen LogP contribution in [-0.4, -0.2) is 46.3 Å². The van der Waals surface area contributed by atoms with Gasteiger partial charge < -0.3 is 15.1 Å². The monoisotopic (exact) mass is 421 g/mol. The summed E-state index contributed by atoms with van der Waals surface area (Å²) in [7, 11) is 3.98. The minimum absolute atomic E-state index is 0.0514. The number of rotatable bonds is 7. The molecule has 0 unspecified atom stereocenters. The normalized spacial score (nSPS) is 14.6. The lowest BCUT2D eigenvalue weighted by Crippen LogP contribution is -2.23. The summed E-state index contributed by atoms with van der Waals surface area (Å²) in [4.78, 5) is 27.8. The van der Waals surface area contributed by atoms with Crippen LogP contribution in [0.4, 0.5) is 5.82 Å². The summed E-state index contributed by atoms with van der Waals surface area (Å²) in [6.07, 6.45) is 6.16. The van der Waals surface area contributed by atoms with Gasteiger partial charge in [-0.25, -0.2) is 9.97 Å². The van der Waals surface area contributed by atoms with Gasteiger partial charge in [-0.1, -0.05) is 43.3 Å². The first-order valence-corrected chi connectivity index (χ1v) is 11.0. The number of nitrogens with zero attached hydrogens (tertiary/aromatic N) is 4. The maximum Gasteiger partial charge on any atom is 0.246 e. The lowest BCUT2D eigenvalue weighted by Gasteiger charge is -2.19. The van der Waals surface area contributed by atoms with Crippen LogP contribution >= 0.6 is 11.3 Å². The Morgan fingerprint density at radius 3 is 2.80 bits per heavy atom. The van der Waals surface area contributed by atoms with Gasteiger partial charge >= 0.3 is 0 Å². The largest absolute Gasteiger partial charge is 0.363 e. The fourth-order valence-corrected chi connectivity index (χ4v) is 4.92. The van der Waals surface area contributed by atoms with Gasteiger partial charge in [-0.05, 0) is 26.1 Å². The SMILES string of the molecule is CC[C@@H](Nc1ncnc2sc3c(c12)CN(C(=O)C=CCN(C)C)C3)c1ccccc1. The summed E-state index contributed by atoms with van der Waals surface area (Å²) < 4.78 is 0. The zero-order chi connectivity index (χ0) is 21.1. The lowest BCUT2D eigenvalue weighted by atomic mass is 10.0. The van der Waals surface area contributed by atoms with Crippen LogP contribution < -0.4 is 5.32 Å². The van der Waals surface area contributed by atoms with Crippen molar-refractivity contribution >= 4 is 33.3 Å². The van der Waals surface area contributed by atoms with E-state index in [4.69, 9.17) is 0 Å². The molecule has 1 aliphatic heterocycles. The number of carbonyl (C=O) groups excluding carboxylic acids is 1. The van der Waals surface area contributed by atoms with Crippen molar-refractivity contribution in [2.24, 2.45) is 0 Å². The molecule has 3 aromatic rings. The van der Waals surface area contributed by atoms with Crippen LogP contribution in [0.3, 0.4) is 0 Å². The number of hydrogen-bond donors (Lipinski definition) is 1. The molecule has 1 N–H and O–H groups in total. The summed E-state index contributed by atoms with van der Waals surface area (Å²) >= 11 is 1.66. The number of likely N-dealkylation sites (N-methyl/N-ethyl adjacent to an activating group) is 1. The Balaban J connectivity index is 1.58. The van der Waals surface area contributed by atoms with Gasteiger partial charge in [0.2, 0.25) is 5.91 Å². The summed E-state index contributed by atoms with van der Waals surface area (Å²) in [5, 5.41) is 4.68. The molecule has 0 bridgehead atoms. The molecule has 1 atom stereocenters. The molecule has 30 heavy (non-hydrogen) atoms. The van der Waals surface area contributed by atoms with Gasteiger partial charge in [-0.2, -0.15) is 0 Å². The molecule has 1 aromatic carbocycles. The van der Waals surface area contributed by atoms with Crippen molar-refractivity contribution in [2.75, 3.05) is 26.0 Å². The van der Waals surface area contributed by atoms with Crippen molar-refractivity contribution in [1.82, 2.24) is 19.8 Å². The van der Waals surface area contributed by atoms with Crippen molar-refractivity contribution in [3.63, 3.8) is 0 Å². The first-order chi connectivity index (χ1) is 14.6. The second-order valence-corrected chi connectivity index (χ2v) is 8.86. The topological polar surface area (TPSA) is 61.4 Å². The van der Waals surface area contributed by atoms with Gasteiger partial charge in [0.1, 0.15) is 17.0 Å². The Morgan fingerprint density at radius 2 is 2.07 bits per heavy atom. The number of hydrogen-bond acceptors (Lipinski definition) is 6. The predicted molar refractivity (Wildman–Crippen MR) is 122 cm³/mol. The highest BCUT2D eigenvalue weighted by Crippen LogP contribution is 2.40. The van der Waals surface area contributed by atoms with Crippen LogP contribution in [0, 0.1) is 0 Å². The van der Waals surface area contributed by atoms with Gasteiger partial charge in [0, 0.05) is 29.6 Å². The summed E-state index contributed by atoms with van der Waals surface area (Å²) in [6, 6.07) is 10.6. The zero-order valence-electron chi connectivity index (χ0n) is 17.6. The van der Waals surface area contributed by atoms with E-state index in [-0.39, 0.29) is 11.9 Å². The van der Waals surface area contributed by atoms with E-state index in [1.54, 1.807) is 23.7 Å². The van der Waals surface area contributed by atoms with Crippen LogP contribution in [0.15, 0.2) is 48.8 Å². The molecule has 0 saturated carbocycles. The van der Waals surface area contributed by atoms with Crippen molar-refractivity contribution < 1.29 is 4.79 Å². The number of anilines is 1. The Bertz CT molecular complexity index is 1060. The van der Waals surface area contributed by atoms with E-state index in [9.17, 15) is 4.79 Å². The Kier molecular flexibility index (Phi) is 6.11. The van der Waals surface area contributed by atoms with E-state index in [0.717, 1.165) is 29.0 Å². The van der Waals surface area contributed by atoms with Crippen LogP contribution in [0.2, 0.25) is 0 Å². The maximum absolute atomic E-state index is 12.6. The number of fused-ring (bicyclic) bond motifs is 3. The number of nitrogens with one attached hydrogen (secondary N) is 1. The molecule has 0 aliphatic carbocycles. The van der Waals surface area contributed by atoms with Crippen LogP contribution in [0.1, 0.15) is 35.4 Å². The second-order valence-electron chi connectivity index (χ2n) is 7.78. The third-order valence-corrected chi connectivity index (χ3v) is 6.44. The summed E-state index contributed by atoms with van der Waals surface area (Å²) in [5.41, 5.74) is 2.41. The highest BCUT2D eigenvalue weighted by molar-refractivity contribution is 7.19. The average Bonchev–Trinajstić information content (AvgIpc) is 3.30. The van der Waals surface area contributed by atoms with E-state index in [0.29, 0.717) is 13.1 Å². The van der Waals surface area contributed by atoms with Crippen molar-refractivity contribution in [2.45, 2.75) is 32.5 Å². The van der Waals surface area contributed by atoms with Gasteiger partial charge in [0.05, 0.1) is 18.0 Å². The summed E-state index contributed by atoms with van der Waals surface area (Å²) in [5.74, 6) is 0.904. The molecule has 7 heteroatoms. The maximum atomic E-state index is 12.6. The number of amides is 1. The molecule has 4 rings (SSSR count). The molecule has 3 heterocycles. The molecule has 0 fully saturated rings. The molecule has 2 aromatic heterocycles. The second kappa shape index (κ2) is 8.93. The van der Waals surface area contributed by atoms with Crippen molar-refractivity contribution in [1.29, 1.82) is 0 Å². The van der Waals surface area contributed by atoms with Gasteiger partial charge in [-0.3, -0.25) is 4.79 Å². The molecule has 0 spiro atoms. The minimum atomic E-state index is 0.0514. The molecular weight excluding hydrogens is 394 g/mol. The van der Waals surface area contributed by atoms with Gasteiger partial charge in [0.25, 0.3) is 0 Å². The van der Waals surface area contributed by atoms with E-state index >= 15 is 0 Å². The van der Waals surface area contributed by atoms with Crippen LogP contribution in [0.25, 0.3) is 10.2 Å². The van der Waals surface area contributed by atoms with E-state index in [2.05, 4.69) is 46.5 Å². The molecule has 156 valence electrons. The fraction of sp³-hybridized carbons (Fsp3) is 0.348. The molecule has 0 saturated heterocycles. The smallest absolute Gasteiger partial charge is 0.246 e. The average molecular weight is 422 g/mol. The quantitative estimate of drug-likeness (QED) is 0.579. The molecule has 0 radical (unpaired) electrons.